The lowest BCUT2D eigenvalue weighted by atomic mass is 9.97. The molecule has 6 heteroatoms. The van der Waals surface area contributed by atoms with Gasteiger partial charge in [0, 0.05) is 19.6 Å². The van der Waals surface area contributed by atoms with E-state index < -0.39 is 0 Å². The van der Waals surface area contributed by atoms with E-state index in [0.29, 0.717) is 13.1 Å². The molecule has 25 heavy (non-hydrogen) atoms. The van der Waals surface area contributed by atoms with Crippen LogP contribution in [0, 0.1) is 26.7 Å². The maximum absolute atomic E-state index is 12.0. The van der Waals surface area contributed by atoms with E-state index in [4.69, 9.17) is 10.5 Å². The first-order valence-corrected chi connectivity index (χ1v) is 8.86. The molecule has 0 spiro atoms. The first kappa shape index (κ1) is 19.2. The van der Waals surface area contributed by atoms with E-state index in [9.17, 15) is 9.59 Å². The molecule has 1 aromatic rings. The number of hydrogen-bond acceptors (Lipinski definition) is 4. The molecule has 138 valence electrons. The second-order valence-electron chi connectivity index (χ2n) is 6.83. The molecule has 1 atom stereocenters. The number of aryl methyl sites for hydroxylation is 2. The summed E-state index contributed by atoms with van der Waals surface area (Å²) in [5, 5.41) is 2.88. The Morgan fingerprint density at radius 3 is 2.72 bits per heavy atom. The number of carbonyl (C=O) groups is 2. The van der Waals surface area contributed by atoms with E-state index in [0.717, 1.165) is 48.4 Å². The fourth-order valence-electron chi connectivity index (χ4n) is 3.18. The van der Waals surface area contributed by atoms with E-state index in [-0.39, 0.29) is 24.3 Å². The summed E-state index contributed by atoms with van der Waals surface area (Å²) in [6.07, 6.45) is 1.83. The number of nitrogens with two attached hydrogens (primary N) is 1. The zero-order valence-corrected chi connectivity index (χ0v) is 15.4. The molecule has 1 aliphatic heterocycles. The van der Waals surface area contributed by atoms with Crippen LogP contribution < -0.4 is 15.8 Å². The van der Waals surface area contributed by atoms with Gasteiger partial charge in [-0.2, -0.15) is 0 Å². The molecule has 0 saturated carbocycles. The zero-order valence-electron chi connectivity index (χ0n) is 15.4. The minimum atomic E-state index is -0.231. The summed E-state index contributed by atoms with van der Waals surface area (Å²) < 4.78 is 5.71. The highest BCUT2D eigenvalue weighted by Crippen LogP contribution is 2.25. The molecule has 0 aliphatic carbocycles. The largest absolute Gasteiger partial charge is 0.483 e. The molecule has 1 aromatic carbocycles. The maximum Gasteiger partial charge on any atom is 0.257 e. The second-order valence-corrected chi connectivity index (χ2v) is 6.83. The van der Waals surface area contributed by atoms with E-state index in [2.05, 4.69) is 16.3 Å². The number of amides is 2. The van der Waals surface area contributed by atoms with Crippen molar-refractivity contribution in [1.82, 2.24) is 10.2 Å². The van der Waals surface area contributed by atoms with Crippen LogP contribution in [-0.4, -0.2) is 49.5 Å². The van der Waals surface area contributed by atoms with Gasteiger partial charge in [-0.05, 0) is 56.8 Å². The van der Waals surface area contributed by atoms with Crippen LogP contribution >= 0.6 is 0 Å². The van der Waals surface area contributed by atoms with E-state index in [1.165, 1.54) is 0 Å². The van der Waals surface area contributed by atoms with Crippen LogP contribution in [-0.2, 0) is 9.59 Å². The number of rotatable bonds is 7. The molecule has 1 aliphatic rings. The highest BCUT2D eigenvalue weighted by Gasteiger charge is 2.23. The molecule has 6 nitrogen and oxygen atoms in total. The number of benzene rings is 1. The zero-order chi connectivity index (χ0) is 18.4. The smallest absolute Gasteiger partial charge is 0.257 e. The van der Waals surface area contributed by atoms with Gasteiger partial charge in [0.15, 0.2) is 6.61 Å². The van der Waals surface area contributed by atoms with Crippen LogP contribution in [0.3, 0.4) is 0 Å². The van der Waals surface area contributed by atoms with Gasteiger partial charge in [-0.15, -0.1) is 0 Å². The fraction of sp³-hybridized carbons (Fsp3) is 0.579. The minimum absolute atomic E-state index is 0.00897. The van der Waals surface area contributed by atoms with E-state index in [1.54, 1.807) is 0 Å². The van der Waals surface area contributed by atoms with Crippen molar-refractivity contribution in [2.45, 2.75) is 33.6 Å². The van der Waals surface area contributed by atoms with Gasteiger partial charge in [0.05, 0.1) is 5.92 Å². The Bertz CT molecular complexity index is 631. The number of primary amides is 1. The SMILES string of the molecule is Cc1ccc(C)c(OCC(=O)NCCN2CCC[C@@H](C(N)=O)C2)c1C. The summed E-state index contributed by atoms with van der Waals surface area (Å²) in [5.74, 6) is 0.352. The Morgan fingerprint density at radius 1 is 1.28 bits per heavy atom. The summed E-state index contributed by atoms with van der Waals surface area (Å²) in [6, 6.07) is 4.05. The molecular formula is C19H29N3O3. The molecule has 1 heterocycles. The quantitative estimate of drug-likeness (QED) is 0.779. The highest BCUT2D eigenvalue weighted by molar-refractivity contribution is 5.77. The number of likely N-dealkylation sites (tertiary alicyclic amines) is 1. The summed E-state index contributed by atoms with van der Waals surface area (Å²) in [4.78, 5) is 25.5. The maximum atomic E-state index is 12.0. The standard InChI is InChI=1S/C19H29N3O3/c1-13-6-7-14(2)18(15(13)3)25-12-17(23)21-8-10-22-9-4-5-16(11-22)19(20)24/h6-7,16H,4-5,8-12H2,1-3H3,(H2,20,24)(H,21,23)/t16-/m1/s1. The van der Waals surface area contributed by atoms with Crippen molar-refractivity contribution in [3.05, 3.63) is 28.8 Å². The average molecular weight is 347 g/mol. The number of nitrogens with one attached hydrogen (secondary N) is 1. The van der Waals surface area contributed by atoms with Crippen LogP contribution in [0.1, 0.15) is 29.5 Å². The van der Waals surface area contributed by atoms with Gasteiger partial charge in [0.25, 0.3) is 5.91 Å². The van der Waals surface area contributed by atoms with Crippen molar-refractivity contribution in [2.75, 3.05) is 32.8 Å². The van der Waals surface area contributed by atoms with Gasteiger partial charge >= 0.3 is 0 Å². The van der Waals surface area contributed by atoms with Crippen LogP contribution in [0.5, 0.6) is 5.75 Å². The molecule has 0 radical (unpaired) electrons. The predicted octanol–water partition coefficient (Wildman–Crippen LogP) is 1.30. The lowest BCUT2D eigenvalue weighted by molar-refractivity contribution is -0.124. The molecule has 0 bridgehead atoms. The van der Waals surface area contributed by atoms with Crippen LogP contribution in [0.15, 0.2) is 12.1 Å². The highest BCUT2D eigenvalue weighted by atomic mass is 16.5. The third kappa shape index (κ3) is 5.46. The Balaban J connectivity index is 1.73. The average Bonchev–Trinajstić information content (AvgIpc) is 2.58. The number of ether oxygens (including phenoxy) is 1. The second kappa shape index (κ2) is 8.85. The number of piperidine rings is 1. The van der Waals surface area contributed by atoms with Crippen molar-refractivity contribution >= 4 is 11.8 Å². The molecule has 1 saturated heterocycles. The van der Waals surface area contributed by atoms with Crippen molar-refractivity contribution in [2.24, 2.45) is 11.7 Å². The van der Waals surface area contributed by atoms with Gasteiger partial charge in [-0.3, -0.25) is 9.59 Å². The minimum Gasteiger partial charge on any atom is -0.483 e. The summed E-state index contributed by atoms with van der Waals surface area (Å²) in [6.45, 7) is 8.90. The first-order valence-electron chi connectivity index (χ1n) is 8.86. The van der Waals surface area contributed by atoms with Gasteiger partial charge in [-0.1, -0.05) is 12.1 Å². The molecule has 2 amide bonds. The summed E-state index contributed by atoms with van der Waals surface area (Å²) in [5.41, 5.74) is 8.63. The predicted molar refractivity (Wildman–Crippen MR) is 97.5 cm³/mol. The van der Waals surface area contributed by atoms with E-state index >= 15 is 0 Å². The normalized spacial score (nSPS) is 18.0. The Morgan fingerprint density at radius 2 is 2.00 bits per heavy atom. The van der Waals surface area contributed by atoms with Gasteiger partial charge in [0.2, 0.25) is 5.91 Å². The fourth-order valence-corrected chi connectivity index (χ4v) is 3.18. The van der Waals surface area contributed by atoms with Gasteiger partial charge in [-0.25, -0.2) is 0 Å². The van der Waals surface area contributed by atoms with Crippen molar-refractivity contribution in [1.29, 1.82) is 0 Å². The molecule has 2 rings (SSSR count). The Kier molecular flexibility index (Phi) is 6.82. The van der Waals surface area contributed by atoms with E-state index in [1.807, 2.05) is 26.8 Å². The summed E-state index contributed by atoms with van der Waals surface area (Å²) in [7, 11) is 0. The Labute approximate surface area is 149 Å². The van der Waals surface area contributed by atoms with Crippen molar-refractivity contribution < 1.29 is 14.3 Å². The van der Waals surface area contributed by atoms with Crippen LogP contribution in [0.25, 0.3) is 0 Å². The number of nitrogens with zero attached hydrogens (tertiary/aromatic N) is 1. The van der Waals surface area contributed by atoms with Crippen LogP contribution in [0.2, 0.25) is 0 Å². The number of carbonyl (C=O) groups excluding carboxylic acids is 2. The third-order valence-corrected chi connectivity index (χ3v) is 4.88. The molecule has 0 unspecified atom stereocenters. The van der Waals surface area contributed by atoms with Gasteiger partial charge in [0.1, 0.15) is 5.75 Å². The monoisotopic (exact) mass is 347 g/mol. The molecule has 0 aromatic heterocycles. The van der Waals surface area contributed by atoms with Gasteiger partial charge < -0.3 is 20.7 Å². The topological polar surface area (TPSA) is 84.7 Å². The molecule has 3 N–H and O–H groups in total. The third-order valence-electron chi connectivity index (χ3n) is 4.88. The first-order chi connectivity index (χ1) is 11.9. The number of hydrogen-bond donors (Lipinski definition) is 2. The van der Waals surface area contributed by atoms with Crippen molar-refractivity contribution in [3.63, 3.8) is 0 Å². The van der Waals surface area contributed by atoms with Crippen LogP contribution in [0.4, 0.5) is 0 Å². The molecule has 1 fully saturated rings. The lowest BCUT2D eigenvalue weighted by Crippen LogP contribution is -2.44. The lowest BCUT2D eigenvalue weighted by Gasteiger charge is -2.31. The van der Waals surface area contributed by atoms with Crippen molar-refractivity contribution in [3.8, 4) is 5.75 Å². The molecular weight excluding hydrogens is 318 g/mol. The summed E-state index contributed by atoms with van der Waals surface area (Å²) >= 11 is 0. The Hall–Kier alpha value is -2.08.